The van der Waals surface area contributed by atoms with Crippen molar-refractivity contribution in [1.29, 1.82) is 0 Å². The second-order valence-electron chi connectivity index (χ2n) is 4.41. The molecule has 19 heavy (non-hydrogen) atoms. The van der Waals surface area contributed by atoms with Crippen molar-refractivity contribution in [2.24, 2.45) is 0 Å². The van der Waals surface area contributed by atoms with E-state index in [1.54, 1.807) is 4.90 Å². The maximum Gasteiger partial charge on any atom is 0.328 e. The number of likely N-dealkylation sites (tertiary alicyclic amines) is 1. The number of aliphatic carboxylic acids is 1. The Balaban J connectivity index is 2.18. The number of nitrogens with zero attached hydrogens (tertiary/aromatic N) is 1. The number of hydrogen-bond donors (Lipinski definition) is 1. The summed E-state index contributed by atoms with van der Waals surface area (Å²) >= 11 is 0. The maximum absolute atomic E-state index is 13.7. The van der Waals surface area contributed by atoms with Gasteiger partial charge in [0.2, 0.25) is 0 Å². The molecule has 0 atom stereocenters. The Kier molecular flexibility index (Phi) is 3.94. The fraction of sp³-hybridized carbons (Fsp3) is 0.286. The van der Waals surface area contributed by atoms with Crippen LogP contribution in [0.1, 0.15) is 28.8 Å². The van der Waals surface area contributed by atoms with Crippen LogP contribution in [0.5, 0.6) is 0 Å². The first-order valence-electron chi connectivity index (χ1n) is 6.08. The molecular formula is C14H14FNO3. The smallest absolute Gasteiger partial charge is 0.328 e. The lowest BCUT2D eigenvalue weighted by Crippen LogP contribution is -2.27. The number of hydrogen-bond acceptors (Lipinski definition) is 2. The molecule has 1 aliphatic heterocycles. The minimum Gasteiger partial charge on any atom is -0.478 e. The van der Waals surface area contributed by atoms with Crippen LogP contribution in [0.2, 0.25) is 0 Å². The quantitative estimate of drug-likeness (QED) is 0.850. The van der Waals surface area contributed by atoms with Crippen molar-refractivity contribution in [3.8, 4) is 0 Å². The lowest BCUT2D eigenvalue weighted by molar-refractivity contribution is -0.131. The number of carbonyl (C=O) groups excluding carboxylic acids is 1. The van der Waals surface area contributed by atoms with Crippen molar-refractivity contribution in [3.63, 3.8) is 0 Å². The monoisotopic (exact) mass is 263 g/mol. The van der Waals surface area contributed by atoms with E-state index in [-0.39, 0.29) is 11.5 Å². The molecule has 0 bridgehead atoms. The molecule has 1 amide bonds. The number of rotatable bonds is 3. The summed E-state index contributed by atoms with van der Waals surface area (Å²) in [5.41, 5.74) is 0.451. The van der Waals surface area contributed by atoms with E-state index in [4.69, 9.17) is 5.11 Å². The standard InChI is InChI=1S/C14H14FNO3/c15-12-9-11(14(19)16-7-1-2-8-16)4-3-10(12)5-6-13(17)18/h3-6,9H,1-2,7-8H2,(H,17,18). The molecule has 1 aromatic carbocycles. The summed E-state index contributed by atoms with van der Waals surface area (Å²) in [7, 11) is 0. The summed E-state index contributed by atoms with van der Waals surface area (Å²) in [4.78, 5) is 24.1. The number of carbonyl (C=O) groups is 2. The van der Waals surface area contributed by atoms with Gasteiger partial charge in [0.05, 0.1) is 0 Å². The first-order valence-corrected chi connectivity index (χ1v) is 6.08. The van der Waals surface area contributed by atoms with Gasteiger partial charge in [0.25, 0.3) is 5.91 Å². The van der Waals surface area contributed by atoms with E-state index in [2.05, 4.69) is 0 Å². The van der Waals surface area contributed by atoms with Gasteiger partial charge in [-0.2, -0.15) is 0 Å². The highest BCUT2D eigenvalue weighted by Crippen LogP contribution is 2.16. The van der Waals surface area contributed by atoms with Gasteiger partial charge in [0, 0.05) is 30.3 Å². The van der Waals surface area contributed by atoms with Crippen molar-refractivity contribution in [2.45, 2.75) is 12.8 Å². The number of carboxylic acid groups (broad SMARTS) is 1. The molecule has 2 rings (SSSR count). The van der Waals surface area contributed by atoms with Crippen molar-refractivity contribution in [3.05, 3.63) is 41.2 Å². The molecule has 0 radical (unpaired) electrons. The second kappa shape index (κ2) is 5.65. The zero-order valence-corrected chi connectivity index (χ0v) is 10.3. The predicted molar refractivity (Wildman–Crippen MR) is 68.2 cm³/mol. The molecule has 0 spiro atoms. The average Bonchev–Trinajstić information content (AvgIpc) is 2.90. The topological polar surface area (TPSA) is 57.6 Å². The van der Waals surface area contributed by atoms with Crippen LogP contribution in [0.3, 0.4) is 0 Å². The molecule has 0 aliphatic carbocycles. The highest BCUT2D eigenvalue weighted by atomic mass is 19.1. The summed E-state index contributed by atoms with van der Waals surface area (Å²) in [5, 5.41) is 8.48. The van der Waals surface area contributed by atoms with Gasteiger partial charge in [-0.3, -0.25) is 4.79 Å². The fourth-order valence-corrected chi connectivity index (χ4v) is 2.06. The number of carboxylic acids is 1. The van der Waals surface area contributed by atoms with E-state index in [0.29, 0.717) is 18.7 Å². The molecule has 1 heterocycles. The fourth-order valence-electron chi connectivity index (χ4n) is 2.06. The van der Waals surface area contributed by atoms with Crippen molar-refractivity contribution < 1.29 is 19.1 Å². The molecule has 1 aliphatic rings. The molecule has 0 unspecified atom stereocenters. The van der Waals surface area contributed by atoms with Gasteiger partial charge in [-0.05, 0) is 31.1 Å². The van der Waals surface area contributed by atoms with Gasteiger partial charge in [-0.15, -0.1) is 0 Å². The normalized spacial score (nSPS) is 15.1. The highest BCUT2D eigenvalue weighted by Gasteiger charge is 2.20. The van der Waals surface area contributed by atoms with E-state index >= 15 is 0 Å². The Labute approximate surface area is 110 Å². The van der Waals surface area contributed by atoms with Crippen LogP contribution in [-0.2, 0) is 4.79 Å². The molecule has 0 saturated carbocycles. The van der Waals surface area contributed by atoms with Gasteiger partial charge in [0.1, 0.15) is 5.82 Å². The number of amides is 1. The summed E-state index contributed by atoms with van der Waals surface area (Å²) in [6, 6.07) is 4.09. The van der Waals surface area contributed by atoms with E-state index < -0.39 is 11.8 Å². The van der Waals surface area contributed by atoms with Gasteiger partial charge < -0.3 is 10.0 Å². The van der Waals surface area contributed by atoms with Crippen LogP contribution in [0, 0.1) is 5.82 Å². The third-order valence-electron chi connectivity index (χ3n) is 3.05. The largest absolute Gasteiger partial charge is 0.478 e. The minimum absolute atomic E-state index is 0.153. The molecular weight excluding hydrogens is 249 g/mol. The maximum atomic E-state index is 13.7. The Morgan fingerprint density at radius 3 is 2.53 bits per heavy atom. The van der Waals surface area contributed by atoms with Crippen LogP contribution in [0.15, 0.2) is 24.3 Å². The van der Waals surface area contributed by atoms with Crippen molar-refractivity contribution in [1.82, 2.24) is 4.90 Å². The third kappa shape index (κ3) is 3.19. The van der Waals surface area contributed by atoms with E-state index in [9.17, 15) is 14.0 Å². The van der Waals surface area contributed by atoms with Crippen LogP contribution in [0.4, 0.5) is 4.39 Å². The van der Waals surface area contributed by atoms with Crippen LogP contribution < -0.4 is 0 Å². The first kappa shape index (κ1) is 13.3. The molecule has 5 heteroatoms. The molecule has 100 valence electrons. The predicted octanol–water partition coefficient (Wildman–Crippen LogP) is 2.16. The Hall–Kier alpha value is -2.17. The van der Waals surface area contributed by atoms with E-state index in [0.717, 1.165) is 25.0 Å². The molecule has 1 saturated heterocycles. The molecule has 4 nitrogen and oxygen atoms in total. The molecule has 1 N–H and O–H groups in total. The average molecular weight is 263 g/mol. The first-order chi connectivity index (χ1) is 9.08. The van der Waals surface area contributed by atoms with Gasteiger partial charge >= 0.3 is 5.97 Å². The van der Waals surface area contributed by atoms with Crippen LogP contribution in [-0.4, -0.2) is 35.0 Å². The highest BCUT2D eigenvalue weighted by molar-refractivity contribution is 5.94. The van der Waals surface area contributed by atoms with Gasteiger partial charge in [0.15, 0.2) is 0 Å². The minimum atomic E-state index is -1.14. The Bertz CT molecular complexity index is 533. The summed E-state index contributed by atoms with van der Waals surface area (Å²) in [6.45, 7) is 1.42. The number of benzene rings is 1. The summed E-state index contributed by atoms with van der Waals surface area (Å²) in [5.74, 6) is -1.91. The number of halogens is 1. The van der Waals surface area contributed by atoms with Gasteiger partial charge in [-0.1, -0.05) is 6.07 Å². The molecule has 0 aromatic heterocycles. The zero-order chi connectivity index (χ0) is 13.8. The lowest BCUT2D eigenvalue weighted by Gasteiger charge is -2.15. The zero-order valence-electron chi connectivity index (χ0n) is 10.3. The van der Waals surface area contributed by atoms with Crippen molar-refractivity contribution in [2.75, 3.05) is 13.1 Å². The Morgan fingerprint density at radius 2 is 1.95 bits per heavy atom. The summed E-state index contributed by atoms with van der Waals surface area (Å²) < 4.78 is 13.7. The van der Waals surface area contributed by atoms with Crippen molar-refractivity contribution >= 4 is 18.0 Å². The van der Waals surface area contributed by atoms with Crippen LogP contribution in [0.25, 0.3) is 6.08 Å². The van der Waals surface area contributed by atoms with Crippen LogP contribution >= 0.6 is 0 Å². The Morgan fingerprint density at radius 1 is 1.26 bits per heavy atom. The third-order valence-corrected chi connectivity index (χ3v) is 3.05. The second-order valence-corrected chi connectivity index (χ2v) is 4.41. The molecule has 1 fully saturated rings. The molecule has 1 aromatic rings. The lowest BCUT2D eigenvalue weighted by atomic mass is 10.1. The summed E-state index contributed by atoms with van der Waals surface area (Å²) in [6.07, 6.45) is 3.99. The van der Waals surface area contributed by atoms with E-state index in [1.807, 2.05) is 0 Å². The van der Waals surface area contributed by atoms with E-state index in [1.165, 1.54) is 18.2 Å². The van der Waals surface area contributed by atoms with Gasteiger partial charge in [-0.25, -0.2) is 9.18 Å². The SMILES string of the molecule is O=C(O)C=Cc1ccc(C(=O)N2CCCC2)cc1F.